The summed E-state index contributed by atoms with van der Waals surface area (Å²) in [6.07, 6.45) is 1.81. The highest BCUT2D eigenvalue weighted by atomic mass is 16.3. The fraction of sp³-hybridized carbons (Fsp3) is 0.688. The van der Waals surface area contributed by atoms with E-state index in [4.69, 9.17) is 5.73 Å². The van der Waals surface area contributed by atoms with Crippen molar-refractivity contribution in [3.05, 3.63) is 15.9 Å². The molecule has 0 bridgehead atoms. The summed E-state index contributed by atoms with van der Waals surface area (Å²) >= 11 is 0. The number of carbonyl (C=O) groups excluding carboxylic acids is 1. The van der Waals surface area contributed by atoms with Crippen molar-refractivity contribution in [1.29, 1.82) is 0 Å². The molecule has 0 spiro atoms. The Labute approximate surface area is 141 Å². The SMILES string of the molecule is CC1CCC(Nc2nc(NC(C)(C)C)[nH]c(=O)c2C(N)=O)CC1O. The Kier molecular flexibility index (Phi) is 5.17. The highest BCUT2D eigenvalue weighted by Crippen LogP contribution is 2.27. The molecule has 24 heavy (non-hydrogen) atoms. The summed E-state index contributed by atoms with van der Waals surface area (Å²) in [5, 5.41) is 16.2. The summed E-state index contributed by atoms with van der Waals surface area (Å²) in [6.45, 7) is 7.80. The maximum atomic E-state index is 12.2. The van der Waals surface area contributed by atoms with Crippen molar-refractivity contribution >= 4 is 17.7 Å². The van der Waals surface area contributed by atoms with E-state index in [2.05, 4.69) is 20.6 Å². The van der Waals surface area contributed by atoms with Crippen LogP contribution in [0, 0.1) is 5.92 Å². The van der Waals surface area contributed by atoms with Crippen LogP contribution < -0.4 is 21.9 Å². The molecule has 1 aromatic heterocycles. The van der Waals surface area contributed by atoms with Crippen LogP contribution in [0.4, 0.5) is 11.8 Å². The molecule has 1 saturated carbocycles. The van der Waals surface area contributed by atoms with E-state index in [9.17, 15) is 14.7 Å². The van der Waals surface area contributed by atoms with Gasteiger partial charge >= 0.3 is 0 Å². The number of amides is 1. The van der Waals surface area contributed by atoms with Crippen LogP contribution >= 0.6 is 0 Å². The number of nitrogens with one attached hydrogen (secondary N) is 3. The maximum Gasteiger partial charge on any atom is 0.267 e. The molecule has 1 aliphatic carbocycles. The molecule has 6 N–H and O–H groups in total. The van der Waals surface area contributed by atoms with Crippen LogP contribution in [0.15, 0.2) is 4.79 Å². The predicted octanol–water partition coefficient (Wildman–Crippen LogP) is 1.04. The number of aromatic amines is 1. The average Bonchev–Trinajstić information content (AvgIpc) is 2.40. The lowest BCUT2D eigenvalue weighted by atomic mass is 9.85. The number of rotatable bonds is 4. The van der Waals surface area contributed by atoms with E-state index in [-0.39, 0.29) is 34.8 Å². The summed E-state index contributed by atoms with van der Waals surface area (Å²) in [7, 11) is 0. The van der Waals surface area contributed by atoms with Crippen molar-refractivity contribution in [2.24, 2.45) is 11.7 Å². The predicted molar refractivity (Wildman–Crippen MR) is 93.2 cm³/mol. The van der Waals surface area contributed by atoms with E-state index in [1.54, 1.807) is 0 Å². The van der Waals surface area contributed by atoms with Gasteiger partial charge in [0.2, 0.25) is 5.95 Å². The van der Waals surface area contributed by atoms with Gasteiger partial charge in [-0.25, -0.2) is 0 Å². The van der Waals surface area contributed by atoms with E-state index in [0.717, 1.165) is 12.8 Å². The monoisotopic (exact) mass is 337 g/mol. The second-order valence-electron chi connectivity index (χ2n) is 7.58. The third kappa shape index (κ3) is 4.47. The van der Waals surface area contributed by atoms with Crippen molar-refractivity contribution in [3.63, 3.8) is 0 Å². The molecule has 8 heteroatoms. The van der Waals surface area contributed by atoms with Crippen molar-refractivity contribution in [1.82, 2.24) is 9.97 Å². The number of aliphatic hydroxyl groups is 1. The number of primary amides is 1. The molecule has 3 atom stereocenters. The van der Waals surface area contributed by atoms with E-state index < -0.39 is 17.6 Å². The lowest BCUT2D eigenvalue weighted by molar-refractivity contribution is 0.0739. The van der Waals surface area contributed by atoms with E-state index >= 15 is 0 Å². The quantitative estimate of drug-likeness (QED) is 0.557. The molecule has 3 unspecified atom stereocenters. The molecule has 1 fully saturated rings. The van der Waals surface area contributed by atoms with E-state index in [1.807, 2.05) is 27.7 Å². The molecule has 8 nitrogen and oxygen atoms in total. The second-order valence-corrected chi connectivity index (χ2v) is 7.58. The molecule has 1 aliphatic rings. The van der Waals surface area contributed by atoms with Gasteiger partial charge < -0.3 is 21.5 Å². The maximum absolute atomic E-state index is 12.2. The van der Waals surface area contributed by atoms with Crippen LogP contribution in [-0.2, 0) is 0 Å². The van der Waals surface area contributed by atoms with Gasteiger partial charge in [-0.2, -0.15) is 4.98 Å². The minimum absolute atomic E-state index is 0.0638. The van der Waals surface area contributed by atoms with Crippen LogP contribution in [0.1, 0.15) is 57.3 Å². The lowest BCUT2D eigenvalue weighted by Crippen LogP contribution is -2.37. The molecular weight excluding hydrogens is 310 g/mol. The smallest absolute Gasteiger partial charge is 0.267 e. The molecule has 134 valence electrons. The Bertz CT molecular complexity index is 665. The first-order valence-electron chi connectivity index (χ1n) is 8.23. The third-order valence-electron chi connectivity index (χ3n) is 4.15. The van der Waals surface area contributed by atoms with Crippen molar-refractivity contribution in [3.8, 4) is 0 Å². The van der Waals surface area contributed by atoms with Crippen LogP contribution in [-0.4, -0.2) is 38.7 Å². The molecule has 2 rings (SSSR count). The highest BCUT2D eigenvalue weighted by molar-refractivity contribution is 5.97. The zero-order valence-electron chi connectivity index (χ0n) is 14.6. The van der Waals surface area contributed by atoms with E-state index in [0.29, 0.717) is 6.42 Å². The number of hydrogen-bond donors (Lipinski definition) is 5. The van der Waals surface area contributed by atoms with E-state index in [1.165, 1.54) is 0 Å². The zero-order chi connectivity index (χ0) is 18.1. The summed E-state index contributed by atoms with van der Waals surface area (Å²) in [5.74, 6) is -0.170. The van der Waals surface area contributed by atoms with Gasteiger partial charge in [-0.15, -0.1) is 0 Å². The molecule has 1 amide bonds. The van der Waals surface area contributed by atoms with Crippen LogP contribution in [0.3, 0.4) is 0 Å². The molecule has 1 heterocycles. The standard InChI is InChI=1S/C16H27N5O3/c1-8-5-6-9(7-10(8)22)18-13-11(12(17)23)14(24)20-15(19-13)21-16(2,3)4/h8-10,22H,5-7H2,1-4H3,(H2,17,23)(H3,18,19,20,21,24). The third-order valence-corrected chi connectivity index (χ3v) is 4.15. The normalized spacial score (nSPS) is 24.5. The number of hydrogen-bond acceptors (Lipinski definition) is 6. The molecule has 0 aliphatic heterocycles. The van der Waals surface area contributed by atoms with Crippen molar-refractivity contribution in [2.75, 3.05) is 10.6 Å². The number of anilines is 2. The average molecular weight is 337 g/mol. The number of H-pyrrole nitrogens is 1. The Hall–Kier alpha value is -2.09. The summed E-state index contributed by atoms with van der Waals surface area (Å²) in [6, 6.07) is -0.0638. The second kappa shape index (κ2) is 6.80. The number of aliphatic hydroxyl groups excluding tert-OH is 1. The van der Waals surface area contributed by atoms with Crippen LogP contribution in [0.2, 0.25) is 0 Å². The Morgan fingerprint density at radius 2 is 2.04 bits per heavy atom. The van der Waals surface area contributed by atoms with Gasteiger partial charge in [0.05, 0.1) is 6.10 Å². The highest BCUT2D eigenvalue weighted by Gasteiger charge is 2.28. The zero-order valence-corrected chi connectivity index (χ0v) is 14.6. The van der Waals surface area contributed by atoms with Gasteiger partial charge in [-0.3, -0.25) is 14.6 Å². The first-order chi connectivity index (χ1) is 11.1. The van der Waals surface area contributed by atoms with Gasteiger partial charge in [0.25, 0.3) is 11.5 Å². The fourth-order valence-corrected chi connectivity index (χ4v) is 2.84. The molecular formula is C16H27N5O3. The first kappa shape index (κ1) is 18.3. The fourth-order valence-electron chi connectivity index (χ4n) is 2.84. The molecule has 0 aromatic carbocycles. The number of carbonyl (C=O) groups is 1. The van der Waals surface area contributed by atoms with Gasteiger partial charge in [0.15, 0.2) is 0 Å². The molecule has 0 saturated heterocycles. The van der Waals surface area contributed by atoms with Gasteiger partial charge in [-0.1, -0.05) is 6.92 Å². The van der Waals surface area contributed by atoms with Gasteiger partial charge in [0.1, 0.15) is 11.4 Å². The summed E-state index contributed by atoms with van der Waals surface area (Å²) in [4.78, 5) is 30.7. The number of nitrogens with zero attached hydrogens (tertiary/aromatic N) is 1. The Balaban J connectivity index is 2.32. The minimum Gasteiger partial charge on any atom is -0.393 e. The largest absolute Gasteiger partial charge is 0.393 e. The van der Waals surface area contributed by atoms with Gasteiger partial charge in [-0.05, 0) is 46.0 Å². The van der Waals surface area contributed by atoms with Crippen molar-refractivity contribution in [2.45, 2.75) is 64.6 Å². The van der Waals surface area contributed by atoms with Crippen LogP contribution in [0.25, 0.3) is 0 Å². The summed E-state index contributed by atoms with van der Waals surface area (Å²) < 4.78 is 0. The lowest BCUT2D eigenvalue weighted by Gasteiger charge is -2.32. The number of nitrogens with two attached hydrogens (primary N) is 1. The van der Waals surface area contributed by atoms with Gasteiger partial charge in [0, 0.05) is 11.6 Å². The Morgan fingerprint density at radius 1 is 1.38 bits per heavy atom. The number of aromatic nitrogens is 2. The Morgan fingerprint density at radius 3 is 2.58 bits per heavy atom. The van der Waals surface area contributed by atoms with Crippen molar-refractivity contribution < 1.29 is 9.90 Å². The summed E-state index contributed by atoms with van der Waals surface area (Å²) in [5.41, 5.74) is 4.25. The molecule has 1 aromatic rings. The first-order valence-corrected chi connectivity index (χ1v) is 8.23. The minimum atomic E-state index is -0.835. The molecule has 0 radical (unpaired) electrons. The topological polar surface area (TPSA) is 133 Å². The van der Waals surface area contributed by atoms with Crippen LogP contribution in [0.5, 0.6) is 0 Å².